The minimum atomic E-state index is -0.695. The highest BCUT2D eigenvalue weighted by atomic mass is 16.4. The monoisotopic (exact) mass is 269 g/mol. The molecule has 4 nitrogen and oxygen atoms in total. The molecular formula is C15H27NO3. The SMILES string of the molecule is CC(CC(=O)O)C1CCCN(CC2(O)CCCC2)C1. The van der Waals surface area contributed by atoms with Crippen molar-refractivity contribution in [2.45, 2.75) is 57.5 Å². The van der Waals surface area contributed by atoms with Gasteiger partial charge in [0.05, 0.1) is 5.60 Å². The van der Waals surface area contributed by atoms with Crippen molar-refractivity contribution in [3.05, 3.63) is 0 Å². The van der Waals surface area contributed by atoms with Crippen molar-refractivity contribution >= 4 is 5.97 Å². The van der Waals surface area contributed by atoms with E-state index in [0.29, 0.717) is 5.92 Å². The van der Waals surface area contributed by atoms with Gasteiger partial charge in [-0.05, 0) is 44.1 Å². The van der Waals surface area contributed by atoms with Gasteiger partial charge in [-0.3, -0.25) is 4.79 Å². The lowest BCUT2D eigenvalue weighted by Crippen LogP contribution is -2.46. The van der Waals surface area contributed by atoms with Gasteiger partial charge in [-0.25, -0.2) is 0 Å². The molecule has 1 heterocycles. The Morgan fingerprint density at radius 3 is 2.68 bits per heavy atom. The van der Waals surface area contributed by atoms with Crippen LogP contribution in [0, 0.1) is 11.8 Å². The standard InChI is InChI=1S/C15H27NO3/c1-12(9-14(17)18)13-5-4-8-16(10-13)11-15(19)6-2-3-7-15/h12-13,19H,2-11H2,1H3,(H,17,18). The van der Waals surface area contributed by atoms with Crippen LogP contribution in [0.5, 0.6) is 0 Å². The Hall–Kier alpha value is -0.610. The third-order valence-corrected chi connectivity index (χ3v) is 4.90. The number of aliphatic hydroxyl groups is 1. The zero-order chi connectivity index (χ0) is 13.9. The smallest absolute Gasteiger partial charge is 0.303 e. The first-order chi connectivity index (χ1) is 8.98. The Bertz CT molecular complexity index is 313. The van der Waals surface area contributed by atoms with E-state index >= 15 is 0 Å². The van der Waals surface area contributed by atoms with Crippen LogP contribution in [0.2, 0.25) is 0 Å². The number of nitrogens with zero attached hydrogens (tertiary/aromatic N) is 1. The molecule has 2 N–H and O–H groups in total. The Kier molecular flexibility index (Phi) is 4.85. The lowest BCUT2D eigenvalue weighted by atomic mass is 9.84. The van der Waals surface area contributed by atoms with Crippen molar-refractivity contribution in [2.24, 2.45) is 11.8 Å². The molecular weight excluding hydrogens is 242 g/mol. The van der Waals surface area contributed by atoms with E-state index in [0.717, 1.165) is 58.2 Å². The summed E-state index contributed by atoms with van der Waals surface area (Å²) in [6, 6.07) is 0. The maximum atomic E-state index is 10.8. The maximum Gasteiger partial charge on any atom is 0.303 e. The second-order valence-electron chi connectivity index (χ2n) is 6.64. The van der Waals surface area contributed by atoms with Crippen LogP contribution >= 0.6 is 0 Å². The predicted octanol–water partition coefficient (Wildman–Crippen LogP) is 2.11. The highest BCUT2D eigenvalue weighted by Gasteiger charge is 2.35. The van der Waals surface area contributed by atoms with Crippen molar-refractivity contribution in [3.63, 3.8) is 0 Å². The van der Waals surface area contributed by atoms with Gasteiger partial charge in [-0.2, -0.15) is 0 Å². The minimum absolute atomic E-state index is 0.235. The van der Waals surface area contributed by atoms with Gasteiger partial charge < -0.3 is 15.1 Å². The molecule has 1 saturated heterocycles. The quantitative estimate of drug-likeness (QED) is 0.802. The number of piperidine rings is 1. The van der Waals surface area contributed by atoms with Crippen molar-refractivity contribution < 1.29 is 15.0 Å². The second kappa shape index (κ2) is 6.23. The molecule has 1 aliphatic carbocycles. The molecule has 0 radical (unpaired) electrons. The second-order valence-corrected chi connectivity index (χ2v) is 6.64. The zero-order valence-electron chi connectivity index (χ0n) is 12.0. The number of hydrogen-bond donors (Lipinski definition) is 2. The van der Waals surface area contributed by atoms with Gasteiger partial charge in [-0.1, -0.05) is 19.8 Å². The average Bonchev–Trinajstić information content (AvgIpc) is 2.75. The first kappa shape index (κ1) is 14.8. The number of hydrogen-bond acceptors (Lipinski definition) is 3. The lowest BCUT2D eigenvalue weighted by Gasteiger charge is -2.39. The fraction of sp³-hybridized carbons (Fsp3) is 0.933. The van der Waals surface area contributed by atoms with E-state index in [-0.39, 0.29) is 12.3 Å². The van der Waals surface area contributed by atoms with Crippen LogP contribution in [0.15, 0.2) is 0 Å². The Labute approximate surface area is 115 Å². The van der Waals surface area contributed by atoms with E-state index in [9.17, 15) is 9.90 Å². The van der Waals surface area contributed by atoms with Crippen LogP contribution in [-0.2, 0) is 4.79 Å². The molecule has 19 heavy (non-hydrogen) atoms. The normalized spacial score (nSPS) is 29.3. The summed E-state index contributed by atoms with van der Waals surface area (Å²) in [7, 11) is 0. The number of carbonyl (C=O) groups is 1. The van der Waals surface area contributed by atoms with Crippen molar-refractivity contribution in [1.82, 2.24) is 4.90 Å². The summed E-state index contributed by atoms with van der Waals surface area (Å²) >= 11 is 0. The Balaban J connectivity index is 1.84. The van der Waals surface area contributed by atoms with Gasteiger partial charge in [-0.15, -0.1) is 0 Å². The van der Waals surface area contributed by atoms with Crippen LogP contribution in [0.25, 0.3) is 0 Å². The highest BCUT2D eigenvalue weighted by Crippen LogP contribution is 2.32. The summed E-state index contributed by atoms with van der Waals surface area (Å²) in [5.41, 5.74) is -0.474. The fourth-order valence-corrected chi connectivity index (χ4v) is 3.75. The molecule has 0 aromatic rings. The molecule has 4 heteroatoms. The predicted molar refractivity (Wildman–Crippen MR) is 74.0 cm³/mol. The van der Waals surface area contributed by atoms with Crippen molar-refractivity contribution in [1.29, 1.82) is 0 Å². The van der Waals surface area contributed by atoms with E-state index in [4.69, 9.17) is 5.11 Å². The molecule has 0 spiro atoms. The number of carboxylic acid groups (broad SMARTS) is 1. The van der Waals surface area contributed by atoms with E-state index in [1.165, 1.54) is 0 Å². The number of aliphatic carboxylic acids is 1. The number of β-amino-alcohol motifs (C(OH)–C–C–N with tert-alkyl or cyclic N) is 1. The molecule has 0 aromatic heterocycles. The summed E-state index contributed by atoms with van der Waals surface area (Å²) in [6.07, 6.45) is 6.67. The molecule has 0 aromatic carbocycles. The van der Waals surface area contributed by atoms with Gasteiger partial charge in [0.1, 0.15) is 0 Å². The van der Waals surface area contributed by atoms with Gasteiger partial charge in [0, 0.05) is 19.5 Å². The molecule has 0 bridgehead atoms. The first-order valence-electron chi connectivity index (χ1n) is 7.65. The van der Waals surface area contributed by atoms with Crippen LogP contribution in [0.4, 0.5) is 0 Å². The van der Waals surface area contributed by atoms with Crippen LogP contribution in [0.3, 0.4) is 0 Å². The van der Waals surface area contributed by atoms with E-state index in [1.54, 1.807) is 0 Å². The fourth-order valence-electron chi connectivity index (χ4n) is 3.75. The molecule has 2 unspecified atom stereocenters. The Morgan fingerprint density at radius 2 is 2.05 bits per heavy atom. The summed E-state index contributed by atoms with van der Waals surface area (Å²) in [6.45, 7) is 4.84. The number of rotatable bonds is 5. The van der Waals surface area contributed by atoms with E-state index in [2.05, 4.69) is 4.90 Å². The molecule has 110 valence electrons. The topological polar surface area (TPSA) is 60.8 Å². The largest absolute Gasteiger partial charge is 0.481 e. The molecule has 2 atom stereocenters. The molecule has 0 amide bonds. The molecule has 1 aliphatic heterocycles. The minimum Gasteiger partial charge on any atom is -0.481 e. The molecule has 2 fully saturated rings. The summed E-state index contributed by atoms with van der Waals surface area (Å²) < 4.78 is 0. The zero-order valence-corrected chi connectivity index (χ0v) is 12.0. The average molecular weight is 269 g/mol. The van der Waals surface area contributed by atoms with Crippen LogP contribution < -0.4 is 0 Å². The summed E-state index contributed by atoms with van der Waals surface area (Å²) in [5.74, 6) is 0.00687. The molecule has 1 saturated carbocycles. The summed E-state index contributed by atoms with van der Waals surface area (Å²) in [4.78, 5) is 13.2. The maximum absolute atomic E-state index is 10.8. The summed E-state index contributed by atoms with van der Waals surface area (Å²) in [5, 5.41) is 19.4. The van der Waals surface area contributed by atoms with Gasteiger partial charge >= 0.3 is 5.97 Å². The first-order valence-corrected chi connectivity index (χ1v) is 7.65. The number of likely N-dealkylation sites (tertiary alicyclic amines) is 1. The third kappa shape index (κ3) is 4.18. The lowest BCUT2D eigenvalue weighted by molar-refractivity contribution is -0.138. The van der Waals surface area contributed by atoms with Crippen molar-refractivity contribution in [2.75, 3.05) is 19.6 Å². The van der Waals surface area contributed by atoms with E-state index < -0.39 is 11.6 Å². The van der Waals surface area contributed by atoms with Crippen LogP contribution in [-0.4, -0.2) is 46.3 Å². The Morgan fingerprint density at radius 1 is 1.37 bits per heavy atom. The van der Waals surface area contributed by atoms with Crippen molar-refractivity contribution in [3.8, 4) is 0 Å². The van der Waals surface area contributed by atoms with Gasteiger partial charge in [0.15, 0.2) is 0 Å². The highest BCUT2D eigenvalue weighted by molar-refractivity contribution is 5.67. The number of carboxylic acids is 1. The third-order valence-electron chi connectivity index (χ3n) is 4.90. The molecule has 2 rings (SSSR count). The van der Waals surface area contributed by atoms with Gasteiger partial charge in [0.25, 0.3) is 0 Å². The van der Waals surface area contributed by atoms with Gasteiger partial charge in [0.2, 0.25) is 0 Å². The molecule has 2 aliphatic rings. The van der Waals surface area contributed by atoms with Crippen LogP contribution in [0.1, 0.15) is 51.9 Å². The van der Waals surface area contributed by atoms with E-state index in [1.807, 2.05) is 6.92 Å².